The SMILES string of the molecule is O=C(/C=C/c1ccccc1O)OC1(c2ccccc2)CCNCC1. The van der Waals surface area contributed by atoms with Crippen molar-refractivity contribution in [2.75, 3.05) is 13.1 Å². The van der Waals surface area contributed by atoms with Crippen molar-refractivity contribution in [3.8, 4) is 5.75 Å². The van der Waals surface area contributed by atoms with Gasteiger partial charge in [-0.2, -0.15) is 0 Å². The van der Waals surface area contributed by atoms with Gasteiger partial charge < -0.3 is 15.2 Å². The van der Waals surface area contributed by atoms with E-state index >= 15 is 0 Å². The van der Waals surface area contributed by atoms with Crippen LogP contribution >= 0.6 is 0 Å². The van der Waals surface area contributed by atoms with Crippen molar-refractivity contribution in [2.45, 2.75) is 18.4 Å². The smallest absolute Gasteiger partial charge is 0.331 e. The number of para-hydroxylation sites is 1. The molecule has 2 aromatic rings. The monoisotopic (exact) mass is 323 g/mol. The summed E-state index contributed by atoms with van der Waals surface area (Å²) in [5.41, 5.74) is 1.02. The maximum Gasteiger partial charge on any atom is 0.331 e. The Kier molecular flexibility index (Phi) is 4.96. The van der Waals surface area contributed by atoms with Gasteiger partial charge in [-0.1, -0.05) is 48.5 Å². The van der Waals surface area contributed by atoms with Gasteiger partial charge in [-0.3, -0.25) is 0 Å². The second-order valence-corrected chi connectivity index (χ2v) is 5.92. The number of benzene rings is 2. The van der Waals surface area contributed by atoms with Crippen molar-refractivity contribution in [1.29, 1.82) is 0 Å². The third-order valence-electron chi connectivity index (χ3n) is 4.34. The van der Waals surface area contributed by atoms with Crippen LogP contribution in [0.3, 0.4) is 0 Å². The topological polar surface area (TPSA) is 58.6 Å². The van der Waals surface area contributed by atoms with Crippen molar-refractivity contribution < 1.29 is 14.6 Å². The second-order valence-electron chi connectivity index (χ2n) is 5.92. The first-order valence-electron chi connectivity index (χ1n) is 8.15. The van der Waals surface area contributed by atoms with Crippen LogP contribution in [0.4, 0.5) is 0 Å². The number of nitrogens with one attached hydrogen (secondary N) is 1. The number of phenolic OH excluding ortho intramolecular Hbond substituents is 1. The van der Waals surface area contributed by atoms with Crippen molar-refractivity contribution >= 4 is 12.0 Å². The molecule has 0 saturated carbocycles. The Bertz CT molecular complexity index is 719. The van der Waals surface area contributed by atoms with Crippen LogP contribution in [0.1, 0.15) is 24.0 Å². The predicted octanol–water partition coefficient (Wildman–Crippen LogP) is 3.23. The minimum absolute atomic E-state index is 0.140. The van der Waals surface area contributed by atoms with E-state index in [0.717, 1.165) is 31.5 Å². The number of carbonyl (C=O) groups excluding carboxylic acids is 1. The predicted molar refractivity (Wildman–Crippen MR) is 93.5 cm³/mol. The molecule has 124 valence electrons. The summed E-state index contributed by atoms with van der Waals surface area (Å²) in [6.07, 6.45) is 4.44. The minimum atomic E-state index is -0.591. The van der Waals surface area contributed by atoms with Gasteiger partial charge in [0.1, 0.15) is 11.4 Å². The molecule has 24 heavy (non-hydrogen) atoms. The third kappa shape index (κ3) is 3.66. The van der Waals surface area contributed by atoms with Crippen molar-refractivity contribution in [3.63, 3.8) is 0 Å². The number of piperidine rings is 1. The summed E-state index contributed by atoms with van der Waals surface area (Å²) >= 11 is 0. The Morgan fingerprint density at radius 2 is 1.71 bits per heavy atom. The van der Waals surface area contributed by atoms with Crippen LogP contribution in [0, 0.1) is 0 Å². The van der Waals surface area contributed by atoms with Crippen LogP contribution in [-0.2, 0) is 15.1 Å². The highest BCUT2D eigenvalue weighted by Gasteiger charge is 2.37. The molecular formula is C20H21NO3. The molecule has 3 rings (SSSR count). The molecule has 1 aliphatic heterocycles. The number of hydrogen-bond acceptors (Lipinski definition) is 4. The Labute approximate surface area is 141 Å². The molecule has 1 saturated heterocycles. The maximum absolute atomic E-state index is 12.4. The molecule has 1 fully saturated rings. The number of phenols is 1. The fourth-order valence-electron chi connectivity index (χ4n) is 3.04. The lowest BCUT2D eigenvalue weighted by atomic mass is 9.85. The Morgan fingerprint density at radius 3 is 2.42 bits per heavy atom. The summed E-state index contributed by atoms with van der Waals surface area (Å²) in [5.74, 6) is -0.259. The zero-order valence-electron chi connectivity index (χ0n) is 13.4. The molecular weight excluding hydrogens is 302 g/mol. The Balaban J connectivity index is 1.78. The number of aromatic hydroxyl groups is 1. The van der Waals surface area contributed by atoms with Crippen molar-refractivity contribution in [3.05, 3.63) is 71.8 Å². The van der Waals surface area contributed by atoms with E-state index < -0.39 is 11.6 Å². The Morgan fingerprint density at radius 1 is 1.04 bits per heavy atom. The quantitative estimate of drug-likeness (QED) is 0.670. The highest BCUT2D eigenvalue weighted by Crippen LogP contribution is 2.35. The number of hydrogen-bond donors (Lipinski definition) is 2. The van der Waals surface area contributed by atoms with Crippen molar-refractivity contribution in [1.82, 2.24) is 5.32 Å². The Hall–Kier alpha value is -2.59. The van der Waals surface area contributed by atoms with E-state index in [0.29, 0.717) is 5.56 Å². The molecule has 2 N–H and O–H groups in total. The van der Waals surface area contributed by atoms with Gasteiger partial charge in [0.25, 0.3) is 0 Å². The molecule has 0 unspecified atom stereocenters. The van der Waals surface area contributed by atoms with Crippen LogP contribution in [0.15, 0.2) is 60.7 Å². The molecule has 0 spiro atoms. The van der Waals surface area contributed by atoms with E-state index in [1.165, 1.54) is 6.08 Å². The summed E-state index contributed by atoms with van der Waals surface area (Å²) in [7, 11) is 0. The first kappa shape index (κ1) is 16.3. The van der Waals surface area contributed by atoms with Crippen LogP contribution in [0.2, 0.25) is 0 Å². The third-order valence-corrected chi connectivity index (χ3v) is 4.34. The highest BCUT2D eigenvalue weighted by atomic mass is 16.6. The lowest BCUT2D eigenvalue weighted by Gasteiger charge is -2.37. The molecule has 2 aromatic carbocycles. The highest BCUT2D eigenvalue weighted by molar-refractivity contribution is 5.88. The van der Waals surface area contributed by atoms with E-state index in [9.17, 15) is 9.90 Å². The first-order chi connectivity index (χ1) is 11.7. The summed E-state index contributed by atoms with van der Waals surface area (Å²) in [6, 6.07) is 16.8. The molecule has 4 heteroatoms. The van der Waals surface area contributed by atoms with Crippen LogP contribution < -0.4 is 5.32 Å². The van der Waals surface area contributed by atoms with E-state index in [1.807, 2.05) is 36.4 Å². The molecule has 1 heterocycles. The first-order valence-corrected chi connectivity index (χ1v) is 8.15. The molecule has 0 amide bonds. The van der Waals surface area contributed by atoms with Gasteiger partial charge in [0, 0.05) is 24.5 Å². The van der Waals surface area contributed by atoms with Gasteiger partial charge in [0.2, 0.25) is 0 Å². The zero-order valence-corrected chi connectivity index (χ0v) is 13.4. The average Bonchev–Trinajstić information content (AvgIpc) is 2.62. The number of rotatable bonds is 4. The second kappa shape index (κ2) is 7.32. The molecule has 0 aliphatic carbocycles. The maximum atomic E-state index is 12.4. The largest absolute Gasteiger partial charge is 0.507 e. The standard InChI is InChI=1S/C20H21NO3/c22-18-9-5-4-6-16(18)10-11-19(23)24-20(12-14-21-15-13-20)17-7-2-1-3-8-17/h1-11,21-22H,12-15H2/b11-10+. The number of esters is 1. The normalized spacial score (nSPS) is 16.8. The number of carbonyl (C=O) groups is 1. The summed E-state index contributed by atoms with van der Waals surface area (Å²) in [4.78, 5) is 12.4. The molecule has 0 aromatic heterocycles. The lowest BCUT2D eigenvalue weighted by molar-refractivity contribution is -0.157. The van der Waals surface area contributed by atoms with E-state index in [4.69, 9.17) is 4.74 Å². The van der Waals surface area contributed by atoms with Gasteiger partial charge in [-0.15, -0.1) is 0 Å². The summed E-state index contributed by atoms with van der Waals surface area (Å²) in [6.45, 7) is 1.62. The lowest BCUT2D eigenvalue weighted by Crippen LogP contribution is -2.42. The van der Waals surface area contributed by atoms with Gasteiger partial charge in [-0.05, 0) is 30.8 Å². The number of ether oxygens (including phenoxy) is 1. The fourth-order valence-corrected chi connectivity index (χ4v) is 3.04. The molecule has 0 radical (unpaired) electrons. The zero-order chi connectivity index (χ0) is 16.8. The van der Waals surface area contributed by atoms with E-state index in [1.54, 1.807) is 24.3 Å². The summed E-state index contributed by atoms with van der Waals surface area (Å²) in [5, 5.41) is 13.1. The minimum Gasteiger partial charge on any atom is -0.507 e. The van der Waals surface area contributed by atoms with E-state index in [2.05, 4.69) is 5.32 Å². The molecule has 0 bridgehead atoms. The molecule has 1 aliphatic rings. The molecule has 4 nitrogen and oxygen atoms in total. The van der Waals surface area contributed by atoms with Gasteiger partial charge in [-0.25, -0.2) is 4.79 Å². The summed E-state index contributed by atoms with van der Waals surface area (Å²) < 4.78 is 5.88. The van der Waals surface area contributed by atoms with Crippen molar-refractivity contribution in [2.24, 2.45) is 0 Å². The van der Waals surface area contributed by atoms with Crippen LogP contribution in [0.5, 0.6) is 5.75 Å². The van der Waals surface area contributed by atoms with Crippen LogP contribution in [-0.4, -0.2) is 24.2 Å². The van der Waals surface area contributed by atoms with Gasteiger partial charge >= 0.3 is 5.97 Å². The van der Waals surface area contributed by atoms with Gasteiger partial charge in [0.05, 0.1) is 0 Å². The molecule has 0 atom stereocenters. The van der Waals surface area contributed by atoms with E-state index in [-0.39, 0.29) is 5.75 Å². The van der Waals surface area contributed by atoms with Crippen LogP contribution in [0.25, 0.3) is 6.08 Å². The average molecular weight is 323 g/mol. The van der Waals surface area contributed by atoms with Gasteiger partial charge in [0.15, 0.2) is 0 Å². The fraction of sp³-hybridized carbons (Fsp3) is 0.250.